The number of amides is 2. The van der Waals surface area contributed by atoms with Gasteiger partial charge in [0.25, 0.3) is 5.91 Å². The van der Waals surface area contributed by atoms with Crippen LogP contribution >= 0.6 is 0 Å². The van der Waals surface area contributed by atoms with Crippen molar-refractivity contribution >= 4 is 34.5 Å². The van der Waals surface area contributed by atoms with Crippen molar-refractivity contribution in [2.24, 2.45) is 0 Å². The molecular formula is C24H24F3N5O3. The van der Waals surface area contributed by atoms with Gasteiger partial charge in [0.15, 0.2) is 0 Å². The molecule has 11 heteroatoms. The van der Waals surface area contributed by atoms with Crippen LogP contribution in [0.1, 0.15) is 18.0 Å². The van der Waals surface area contributed by atoms with Gasteiger partial charge in [0.2, 0.25) is 11.9 Å². The number of nitrogens with one attached hydrogen (secondary N) is 1. The maximum absolute atomic E-state index is 13.4. The molecule has 2 amide bonds. The maximum atomic E-state index is 13.4. The molecule has 0 spiro atoms. The first-order valence-electron chi connectivity index (χ1n) is 11.4. The Bertz CT molecular complexity index is 1250. The Labute approximate surface area is 199 Å². The average Bonchev–Trinajstić information content (AvgIpc) is 3.32. The predicted octanol–water partition coefficient (Wildman–Crippen LogP) is 3.30. The second-order valence-electron chi connectivity index (χ2n) is 8.53. The summed E-state index contributed by atoms with van der Waals surface area (Å²) in [5.74, 6) is -0.539. The van der Waals surface area contributed by atoms with E-state index in [1.165, 1.54) is 18.2 Å². The predicted molar refractivity (Wildman–Crippen MR) is 123 cm³/mol. The van der Waals surface area contributed by atoms with Gasteiger partial charge in [-0.1, -0.05) is 24.3 Å². The Balaban J connectivity index is 1.39. The highest BCUT2D eigenvalue weighted by Gasteiger charge is 2.41. The minimum absolute atomic E-state index is 0.300. The number of benzene rings is 2. The van der Waals surface area contributed by atoms with Gasteiger partial charge >= 0.3 is 6.18 Å². The van der Waals surface area contributed by atoms with Crippen LogP contribution < -0.4 is 10.2 Å². The third kappa shape index (κ3) is 4.61. The summed E-state index contributed by atoms with van der Waals surface area (Å²) >= 11 is 0. The average molecular weight is 487 g/mol. The zero-order chi connectivity index (χ0) is 24.6. The number of carbonyl (C=O) groups excluding carboxylic acids is 2. The van der Waals surface area contributed by atoms with Gasteiger partial charge in [0.05, 0.1) is 41.9 Å². The van der Waals surface area contributed by atoms with E-state index >= 15 is 0 Å². The number of hydrogen-bond donors (Lipinski definition) is 1. The second kappa shape index (κ2) is 9.31. The smallest absolute Gasteiger partial charge is 0.379 e. The van der Waals surface area contributed by atoms with Crippen molar-refractivity contribution in [3.05, 3.63) is 54.1 Å². The molecule has 1 fully saturated rings. The maximum Gasteiger partial charge on any atom is 0.418 e. The summed E-state index contributed by atoms with van der Waals surface area (Å²) < 4.78 is 47.1. The number of carbonyl (C=O) groups is 2. The van der Waals surface area contributed by atoms with Crippen molar-refractivity contribution in [2.75, 3.05) is 49.6 Å². The van der Waals surface area contributed by atoms with Crippen molar-refractivity contribution in [1.29, 1.82) is 0 Å². The van der Waals surface area contributed by atoms with E-state index < -0.39 is 23.7 Å². The van der Waals surface area contributed by atoms with Crippen molar-refractivity contribution in [3.8, 4) is 0 Å². The lowest BCUT2D eigenvalue weighted by molar-refractivity contribution is -0.137. The first-order valence-corrected chi connectivity index (χ1v) is 11.4. The molecule has 3 aromatic rings. The van der Waals surface area contributed by atoms with Crippen molar-refractivity contribution in [3.63, 3.8) is 0 Å². The number of nitrogens with zero attached hydrogens (tertiary/aromatic N) is 4. The molecular weight excluding hydrogens is 463 g/mol. The Morgan fingerprint density at radius 2 is 1.77 bits per heavy atom. The number of fused-ring (bicyclic) bond motifs is 3. The summed E-state index contributed by atoms with van der Waals surface area (Å²) in [5.41, 5.74) is 0.0970. The van der Waals surface area contributed by atoms with Gasteiger partial charge < -0.3 is 10.1 Å². The van der Waals surface area contributed by atoms with E-state index in [-0.39, 0.29) is 18.0 Å². The molecule has 2 aliphatic heterocycles. The van der Waals surface area contributed by atoms with E-state index in [0.717, 1.165) is 19.2 Å². The van der Waals surface area contributed by atoms with Crippen LogP contribution in [-0.2, 0) is 20.5 Å². The van der Waals surface area contributed by atoms with Crippen molar-refractivity contribution in [1.82, 2.24) is 14.5 Å². The fourth-order valence-electron chi connectivity index (χ4n) is 4.59. The van der Waals surface area contributed by atoms with Crippen LogP contribution in [0.15, 0.2) is 48.5 Å². The van der Waals surface area contributed by atoms with E-state index in [9.17, 15) is 22.8 Å². The number of alkyl halides is 3. The van der Waals surface area contributed by atoms with Gasteiger partial charge in [0, 0.05) is 26.2 Å². The van der Waals surface area contributed by atoms with Crippen molar-refractivity contribution in [2.45, 2.75) is 18.6 Å². The molecule has 0 saturated carbocycles. The number of morpholine rings is 1. The molecule has 35 heavy (non-hydrogen) atoms. The molecule has 1 N–H and O–H groups in total. The number of hydrogen-bond acceptors (Lipinski definition) is 5. The number of halogens is 3. The highest BCUT2D eigenvalue weighted by Crippen LogP contribution is 2.38. The van der Waals surface area contributed by atoms with Crippen LogP contribution in [0.25, 0.3) is 11.0 Å². The third-order valence-electron chi connectivity index (χ3n) is 6.31. The lowest BCUT2D eigenvalue weighted by Crippen LogP contribution is -2.43. The summed E-state index contributed by atoms with van der Waals surface area (Å²) in [4.78, 5) is 34.7. The van der Waals surface area contributed by atoms with Gasteiger partial charge in [-0.25, -0.2) is 4.98 Å². The SMILES string of the molecule is O=C(CC1C(=O)N(CCN2CCOCC2)c2nc3ccccc3n21)Nc1ccccc1C(F)(F)F. The molecule has 0 radical (unpaired) electrons. The molecule has 0 bridgehead atoms. The standard InChI is InChI=1S/C24H24F3N5O3/c25-24(26,27)16-5-1-2-6-17(16)28-21(33)15-20-22(34)31(10-9-30-11-13-35-14-12-30)23-29-18-7-3-4-8-19(18)32(20)23/h1-8,20H,9-15H2,(H,28,33). The lowest BCUT2D eigenvalue weighted by atomic mass is 10.1. The van der Waals surface area contributed by atoms with E-state index in [4.69, 9.17) is 4.74 Å². The molecule has 1 saturated heterocycles. The molecule has 1 unspecified atom stereocenters. The molecule has 0 aliphatic carbocycles. The number of rotatable bonds is 6. The van der Waals surface area contributed by atoms with E-state index in [1.807, 2.05) is 24.3 Å². The minimum Gasteiger partial charge on any atom is -0.379 e. The largest absolute Gasteiger partial charge is 0.418 e. The molecule has 184 valence electrons. The van der Waals surface area contributed by atoms with Crippen LogP contribution in [0.3, 0.4) is 0 Å². The van der Waals surface area contributed by atoms with Crippen LogP contribution in [0.2, 0.25) is 0 Å². The summed E-state index contributed by atoms with van der Waals surface area (Å²) in [7, 11) is 0. The van der Waals surface area contributed by atoms with Crippen LogP contribution in [0.5, 0.6) is 0 Å². The summed E-state index contributed by atoms with van der Waals surface area (Å²) in [6, 6.07) is 11.2. The fraction of sp³-hybridized carbons (Fsp3) is 0.375. The molecule has 1 aromatic heterocycles. The first-order chi connectivity index (χ1) is 16.8. The fourth-order valence-corrected chi connectivity index (χ4v) is 4.59. The molecule has 2 aliphatic rings. The number of para-hydroxylation sites is 3. The van der Waals surface area contributed by atoms with Crippen LogP contribution in [-0.4, -0.2) is 65.7 Å². The van der Waals surface area contributed by atoms with Gasteiger partial charge in [-0.15, -0.1) is 0 Å². The Kier molecular flexibility index (Phi) is 6.20. The molecule has 8 nitrogen and oxygen atoms in total. The first kappa shape index (κ1) is 23.3. The van der Waals surface area contributed by atoms with Crippen molar-refractivity contribution < 1.29 is 27.5 Å². The molecule has 1 atom stereocenters. The van der Waals surface area contributed by atoms with Gasteiger partial charge in [-0.05, 0) is 24.3 Å². The molecule has 5 rings (SSSR count). The van der Waals surface area contributed by atoms with Gasteiger partial charge in [-0.3, -0.25) is 24.0 Å². The van der Waals surface area contributed by atoms with E-state index in [1.54, 1.807) is 9.47 Å². The Morgan fingerprint density at radius 1 is 1.06 bits per heavy atom. The highest BCUT2D eigenvalue weighted by molar-refractivity contribution is 6.05. The number of anilines is 2. The van der Waals surface area contributed by atoms with E-state index in [2.05, 4.69) is 15.2 Å². The lowest BCUT2D eigenvalue weighted by Gasteiger charge is -2.28. The second-order valence-corrected chi connectivity index (χ2v) is 8.53. The summed E-state index contributed by atoms with van der Waals surface area (Å²) in [6.07, 6.45) is -4.93. The zero-order valence-electron chi connectivity index (χ0n) is 18.8. The zero-order valence-corrected chi connectivity index (χ0v) is 18.8. The summed E-state index contributed by atoms with van der Waals surface area (Å²) in [5, 5.41) is 2.35. The monoisotopic (exact) mass is 487 g/mol. The quantitative estimate of drug-likeness (QED) is 0.577. The Hall–Kier alpha value is -3.44. The summed E-state index contributed by atoms with van der Waals surface area (Å²) in [6.45, 7) is 3.81. The van der Waals surface area contributed by atoms with Gasteiger partial charge in [0.1, 0.15) is 6.04 Å². The number of imidazole rings is 1. The molecule has 2 aromatic carbocycles. The molecule has 3 heterocycles. The van der Waals surface area contributed by atoms with E-state index in [0.29, 0.717) is 43.3 Å². The normalized spacial score (nSPS) is 18.8. The van der Waals surface area contributed by atoms with Crippen LogP contribution in [0, 0.1) is 0 Å². The minimum atomic E-state index is -4.61. The number of ether oxygens (including phenoxy) is 1. The number of aromatic nitrogens is 2. The topological polar surface area (TPSA) is 79.7 Å². The Morgan fingerprint density at radius 3 is 2.54 bits per heavy atom. The van der Waals surface area contributed by atoms with Gasteiger partial charge in [-0.2, -0.15) is 13.2 Å². The van der Waals surface area contributed by atoms with Crippen LogP contribution in [0.4, 0.5) is 24.8 Å². The highest BCUT2D eigenvalue weighted by atomic mass is 19.4. The third-order valence-corrected chi connectivity index (χ3v) is 6.31.